The van der Waals surface area contributed by atoms with E-state index in [1.165, 1.54) is 17.0 Å². The molecule has 7 heteroatoms. The van der Waals surface area contributed by atoms with E-state index in [1.807, 2.05) is 24.3 Å². The molecule has 1 aliphatic heterocycles. The molecule has 1 amide bonds. The summed E-state index contributed by atoms with van der Waals surface area (Å²) in [4.78, 5) is 19.4. The first-order valence-corrected chi connectivity index (χ1v) is 9.09. The van der Waals surface area contributed by atoms with Crippen LogP contribution >= 0.6 is 0 Å². The van der Waals surface area contributed by atoms with Crippen LogP contribution in [0.1, 0.15) is 30.9 Å². The molecule has 2 aromatic rings. The van der Waals surface area contributed by atoms with Gasteiger partial charge >= 0.3 is 0 Å². The Balaban J connectivity index is 1.70. The minimum Gasteiger partial charge on any atom is -0.496 e. The van der Waals surface area contributed by atoms with Crippen LogP contribution in [0.2, 0.25) is 0 Å². The van der Waals surface area contributed by atoms with E-state index < -0.39 is 11.6 Å². The summed E-state index contributed by atoms with van der Waals surface area (Å²) in [6.07, 6.45) is 0.425. The lowest BCUT2D eigenvalue weighted by molar-refractivity contribution is -0.133. The normalized spacial score (nSPS) is 15.7. The molecule has 1 atom stereocenters. The molecule has 0 fully saturated rings. The van der Waals surface area contributed by atoms with Gasteiger partial charge < -0.3 is 14.5 Å². The number of ether oxygens (including phenoxy) is 1. The summed E-state index contributed by atoms with van der Waals surface area (Å²) in [7, 11) is 1.59. The van der Waals surface area contributed by atoms with Crippen LogP contribution in [0.3, 0.4) is 0 Å². The Labute approximate surface area is 162 Å². The molecule has 1 aliphatic rings. The lowest BCUT2D eigenvalue weighted by atomic mass is 10.0. The fourth-order valence-corrected chi connectivity index (χ4v) is 3.15. The number of amides is 1. The van der Waals surface area contributed by atoms with Gasteiger partial charge in [0.1, 0.15) is 17.4 Å². The van der Waals surface area contributed by atoms with Crippen molar-refractivity contribution in [3.05, 3.63) is 65.2 Å². The minimum absolute atomic E-state index is 0.0443. The summed E-state index contributed by atoms with van der Waals surface area (Å²) < 4.78 is 32.5. The van der Waals surface area contributed by atoms with Crippen molar-refractivity contribution < 1.29 is 23.1 Å². The Morgan fingerprint density at radius 2 is 2.07 bits per heavy atom. The van der Waals surface area contributed by atoms with Crippen molar-refractivity contribution in [2.24, 2.45) is 5.16 Å². The molecule has 2 aromatic carbocycles. The van der Waals surface area contributed by atoms with E-state index in [2.05, 4.69) is 5.16 Å². The number of carbonyl (C=O) groups is 1. The van der Waals surface area contributed by atoms with Gasteiger partial charge in [0, 0.05) is 36.6 Å². The molecule has 0 aliphatic carbocycles. The van der Waals surface area contributed by atoms with Crippen LogP contribution in [0.5, 0.6) is 5.75 Å². The van der Waals surface area contributed by atoms with E-state index in [0.29, 0.717) is 12.2 Å². The highest BCUT2D eigenvalue weighted by atomic mass is 19.1. The zero-order chi connectivity index (χ0) is 20.1. The number of nitrogens with zero attached hydrogens (tertiary/aromatic N) is 2. The Kier molecular flexibility index (Phi) is 6.23. The van der Waals surface area contributed by atoms with Gasteiger partial charge in [0.2, 0.25) is 5.91 Å². The van der Waals surface area contributed by atoms with Crippen LogP contribution < -0.4 is 4.74 Å². The number of carbonyl (C=O) groups excluding carboxylic acids is 1. The fraction of sp³-hybridized carbons (Fsp3) is 0.333. The third-order valence-corrected chi connectivity index (χ3v) is 4.61. The largest absolute Gasteiger partial charge is 0.496 e. The van der Waals surface area contributed by atoms with Crippen molar-refractivity contribution in [3.63, 3.8) is 0 Å². The molecule has 0 saturated heterocycles. The first kappa shape index (κ1) is 19.8. The van der Waals surface area contributed by atoms with Gasteiger partial charge in [-0.25, -0.2) is 8.78 Å². The Morgan fingerprint density at radius 1 is 1.29 bits per heavy atom. The molecular formula is C21H22F2N2O3. The molecule has 148 valence electrons. The zero-order valence-electron chi connectivity index (χ0n) is 15.8. The molecule has 0 bridgehead atoms. The number of benzene rings is 2. The van der Waals surface area contributed by atoms with Crippen molar-refractivity contribution in [1.29, 1.82) is 0 Å². The highest BCUT2D eigenvalue weighted by molar-refractivity contribution is 6.03. The summed E-state index contributed by atoms with van der Waals surface area (Å²) in [6.45, 7) is 2.04. The highest BCUT2D eigenvalue weighted by Gasteiger charge is 2.28. The van der Waals surface area contributed by atoms with Crippen LogP contribution in [0, 0.1) is 11.6 Å². The van der Waals surface area contributed by atoms with Crippen LogP contribution in [0.4, 0.5) is 8.78 Å². The van der Waals surface area contributed by atoms with Crippen molar-refractivity contribution in [3.8, 4) is 5.75 Å². The van der Waals surface area contributed by atoms with E-state index in [4.69, 9.17) is 9.57 Å². The van der Waals surface area contributed by atoms with Crippen molar-refractivity contribution >= 4 is 11.6 Å². The molecule has 0 spiro atoms. The number of para-hydroxylation sites is 1. The van der Waals surface area contributed by atoms with Crippen molar-refractivity contribution in [2.75, 3.05) is 13.7 Å². The van der Waals surface area contributed by atoms with E-state index in [-0.39, 0.29) is 37.1 Å². The summed E-state index contributed by atoms with van der Waals surface area (Å²) in [5.74, 6) is -0.769. The first-order chi connectivity index (χ1) is 13.5. The van der Waals surface area contributed by atoms with Gasteiger partial charge in [0.25, 0.3) is 0 Å². The van der Waals surface area contributed by atoms with Crippen molar-refractivity contribution in [2.45, 2.75) is 32.4 Å². The van der Waals surface area contributed by atoms with Crippen LogP contribution in [-0.4, -0.2) is 36.3 Å². The number of rotatable bonds is 7. The topological polar surface area (TPSA) is 51.1 Å². The molecule has 0 radical (unpaired) electrons. The lowest BCUT2D eigenvalue weighted by Crippen LogP contribution is -2.37. The maximum absolute atomic E-state index is 14.0. The standard InChI is InChI=1S/C21H22F2N2O3/c1-3-21(26)25(12-14-8-9-15(22)10-18(14)23)13-16-11-19(24-28-16)17-6-4-5-7-20(17)27-2/h4-10,16H,3,11-13H2,1-2H3. The van der Waals surface area contributed by atoms with Crippen LogP contribution in [-0.2, 0) is 16.2 Å². The predicted octanol–water partition coefficient (Wildman–Crippen LogP) is 3.91. The van der Waals surface area contributed by atoms with E-state index in [9.17, 15) is 13.6 Å². The Morgan fingerprint density at radius 3 is 2.79 bits per heavy atom. The Hall–Kier alpha value is -2.96. The summed E-state index contributed by atoms with van der Waals surface area (Å²) >= 11 is 0. The average molecular weight is 388 g/mol. The number of oxime groups is 1. The molecule has 0 aromatic heterocycles. The van der Waals surface area contributed by atoms with Gasteiger partial charge in [-0.15, -0.1) is 0 Å². The summed E-state index contributed by atoms with van der Waals surface area (Å²) in [6, 6.07) is 10.8. The fourth-order valence-electron chi connectivity index (χ4n) is 3.15. The summed E-state index contributed by atoms with van der Waals surface area (Å²) in [5, 5.41) is 4.15. The molecule has 0 N–H and O–H groups in total. The van der Waals surface area contributed by atoms with E-state index >= 15 is 0 Å². The van der Waals surface area contributed by atoms with Gasteiger partial charge in [-0.2, -0.15) is 0 Å². The van der Waals surface area contributed by atoms with Gasteiger partial charge in [0.15, 0.2) is 6.10 Å². The van der Waals surface area contributed by atoms with Gasteiger partial charge in [0.05, 0.1) is 19.4 Å². The number of halogens is 2. The maximum Gasteiger partial charge on any atom is 0.222 e. The second-order valence-corrected chi connectivity index (χ2v) is 6.53. The van der Waals surface area contributed by atoms with Crippen LogP contribution in [0.15, 0.2) is 47.6 Å². The highest BCUT2D eigenvalue weighted by Crippen LogP contribution is 2.25. The molecular weight excluding hydrogens is 366 g/mol. The SMILES string of the molecule is CCC(=O)N(Cc1ccc(F)cc1F)CC1CC(c2ccccc2OC)=NO1. The van der Waals surface area contributed by atoms with Gasteiger partial charge in [-0.1, -0.05) is 30.3 Å². The number of methoxy groups -OCH3 is 1. The number of hydrogen-bond donors (Lipinski definition) is 0. The number of hydrogen-bond acceptors (Lipinski definition) is 4. The monoisotopic (exact) mass is 388 g/mol. The third kappa shape index (κ3) is 4.47. The predicted molar refractivity (Wildman–Crippen MR) is 101 cm³/mol. The lowest BCUT2D eigenvalue weighted by Gasteiger charge is -2.24. The van der Waals surface area contributed by atoms with Crippen molar-refractivity contribution in [1.82, 2.24) is 4.90 Å². The van der Waals surface area contributed by atoms with Gasteiger partial charge in [-0.3, -0.25) is 4.79 Å². The molecule has 5 nitrogen and oxygen atoms in total. The Bertz CT molecular complexity index is 886. The third-order valence-electron chi connectivity index (χ3n) is 4.61. The quantitative estimate of drug-likeness (QED) is 0.723. The van der Waals surface area contributed by atoms with E-state index in [0.717, 1.165) is 17.3 Å². The summed E-state index contributed by atoms with van der Waals surface area (Å²) in [5.41, 5.74) is 1.83. The average Bonchev–Trinajstić information content (AvgIpc) is 3.17. The molecule has 0 saturated carbocycles. The molecule has 1 unspecified atom stereocenters. The smallest absolute Gasteiger partial charge is 0.222 e. The van der Waals surface area contributed by atoms with Gasteiger partial charge in [-0.05, 0) is 18.2 Å². The second kappa shape index (κ2) is 8.82. The zero-order valence-corrected chi connectivity index (χ0v) is 15.8. The van der Waals surface area contributed by atoms with Crippen LogP contribution in [0.25, 0.3) is 0 Å². The first-order valence-electron chi connectivity index (χ1n) is 9.09. The minimum atomic E-state index is -0.674. The molecule has 1 heterocycles. The van der Waals surface area contributed by atoms with E-state index in [1.54, 1.807) is 14.0 Å². The molecule has 28 heavy (non-hydrogen) atoms. The maximum atomic E-state index is 14.0. The second-order valence-electron chi connectivity index (χ2n) is 6.53. The molecule has 3 rings (SSSR count).